The molecule has 0 radical (unpaired) electrons. The van der Waals surface area contributed by atoms with Crippen LogP contribution in [0.15, 0.2) is 22.7 Å². The maximum absolute atomic E-state index is 10.8. The second kappa shape index (κ2) is 6.00. The van der Waals surface area contributed by atoms with Crippen LogP contribution < -0.4 is 10.0 Å². The molecule has 92 valence electrons. The Kier molecular flexibility index (Phi) is 4.93. The maximum Gasteiger partial charge on any atom is 0.208 e. The van der Waals surface area contributed by atoms with Gasteiger partial charge in [-0.2, -0.15) is 5.26 Å². The zero-order valence-corrected chi connectivity index (χ0v) is 11.6. The number of nitrogens with zero attached hydrogens (tertiary/aromatic N) is 1. The Hall–Kier alpha value is -1.10. The molecule has 2 N–H and O–H groups in total. The number of rotatable bonds is 5. The zero-order chi connectivity index (χ0) is 12.9. The monoisotopic (exact) mass is 317 g/mol. The van der Waals surface area contributed by atoms with Crippen LogP contribution in [-0.4, -0.2) is 27.8 Å². The van der Waals surface area contributed by atoms with E-state index in [1.807, 2.05) is 12.1 Å². The number of hydrogen-bond donors (Lipinski definition) is 2. The van der Waals surface area contributed by atoms with E-state index in [4.69, 9.17) is 5.26 Å². The summed E-state index contributed by atoms with van der Waals surface area (Å²) in [4.78, 5) is 0. The largest absolute Gasteiger partial charge is 0.384 e. The molecular formula is C10H12BrN3O2S. The normalized spacial score (nSPS) is 10.9. The van der Waals surface area contributed by atoms with Gasteiger partial charge in [-0.05, 0) is 18.2 Å². The molecule has 0 bridgehead atoms. The molecule has 0 spiro atoms. The SMILES string of the molecule is CS(=O)(=O)NCCNc1cc(Br)cc(C#N)c1. The highest BCUT2D eigenvalue weighted by Gasteiger charge is 2.00. The van der Waals surface area contributed by atoms with E-state index in [2.05, 4.69) is 26.0 Å². The van der Waals surface area contributed by atoms with Crippen molar-refractivity contribution < 1.29 is 8.42 Å². The van der Waals surface area contributed by atoms with Gasteiger partial charge in [-0.1, -0.05) is 15.9 Å². The molecule has 1 aromatic rings. The van der Waals surface area contributed by atoms with Crippen LogP contribution >= 0.6 is 15.9 Å². The summed E-state index contributed by atoms with van der Waals surface area (Å²) >= 11 is 3.29. The van der Waals surface area contributed by atoms with Crippen LogP contribution in [0.2, 0.25) is 0 Å². The van der Waals surface area contributed by atoms with Gasteiger partial charge in [0.25, 0.3) is 0 Å². The van der Waals surface area contributed by atoms with Crippen LogP contribution in [0.3, 0.4) is 0 Å². The van der Waals surface area contributed by atoms with Gasteiger partial charge in [-0.3, -0.25) is 0 Å². The van der Waals surface area contributed by atoms with E-state index in [1.54, 1.807) is 12.1 Å². The van der Waals surface area contributed by atoms with Crippen LogP contribution in [0.4, 0.5) is 5.69 Å². The van der Waals surface area contributed by atoms with Gasteiger partial charge < -0.3 is 5.32 Å². The van der Waals surface area contributed by atoms with Crippen molar-refractivity contribution in [2.24, 2.45) is 0 Å². The van der Waals surface area contributed by atoms with E-state index in [9.17, 15) is 8.42 Å². The molecule has 0 aliphatic carbocycles. The molecule has 0 heterocycles. The summed E-state index contributed by atoms with van der Waals surface area (Å²) < 4.78 is 24.8. The Morgan fingerprint density at radius 1 is 1.35 bits per heavy atom. The Morgan fingerprint density at radius 2 is 2.06 bits per heavy atom. The third-order valence-electron chi connectivity index (χ3n) is 1.85. The first-order valence-corrected chi connectivity index (χ1v) is 7.48. The van der Waals surface area contributed by atoms with E-state index in [1.165, 1.54) is 0 Å². The Bertz CT molecular complexity index is 537. The molecule has 1 aromatic carbocycles. The lowest BCUT2D eigenvalue weighted by molar-refractivity contribution is 0.589. The second-order valence-electron chi connectivity index (χ2n) is 3.43. The minimum atomic E-state index is -3.15. The Morgan fingerprint density at radius 3 is 2.65 bits per heavy atom. The first-order chi connectivity index (χ1) is 7.90. The lowest BCUT2D eigenvalue weighted by atomic mass is 10.2. The van der Waals surface area contributed by atoms with Crippen LogP contribution in [0.25, 0.3) is 0 Å². The molecule has 0 atom stereocenters. The number of sulfonamides is 1. The molecular weight excluding hydrogens is 306 g/mol. The smallest absolute Gasteiger partial charge is 0.208 e. The summed E-state index contributed by atoms with van der Waals surface area (Å²) in [5.74, 6) is 0. The van der Waals surface area contributed by atoms with E-state index in [0.717, 1.165) is 16.4 Å². The van der Waals surface area contributed by atoms with Gasteiger partial charge in [0.05, 0.1) is 17.9 Å². The zero-order valence-electron chi connectivity index (χ0n) is 9.20. The molecule has 0 saturated heterocycles. The average Bonchev–Trinajstić information content (AvgIpc) is 2.22. The van der Waals surface area contributed by atoms with E-state index >= 15 is 0 Å². The fourth-order valence-electron chi connectivity index (χ4n) is 1.20. The fraction of sp³-hybridized carbons (Fsp3) is 0.300. The molecule has 0 unspecified atom stereocenters. The topological polar surface area (TPSA) is 82.0 Å². The van der Waals surface area contributed by atoms with Gasteiger partial charge in [-0.15, -0.1) is 0 Å². The second-order valence-corrected chi connectivity index (χ2v) is 6.18. The molecule has 0 aromatic heterocycles. The van der Waals surface area contributed by atoms with E-state index in [0.29, 0.717) is 18.7 Å². The lowest BCUT2D eigenvalue weighted by Crippen LogP contribution is -2.27. The van der Waals surface area contributed by atoms with E-state index < -0.39 is 10.0 Å². The van der Waals surface area contributed by atoms with E-state index in [-0.39, 0.29) is 0 Å². The maximum atomic E-state index is 10.8. The molecule has 17 heavy (non-hydrogen) atoms. The highest BCUT2D eigenvalue weighted by molar-refractivity contribution is 9.10. The van der Waals surface area contributed by atoms with Crippen LogP contribution in [-0.2, 0) is 10.0 Å². The summed E-state index contributed by atoms with van der Waals surface area (Å²) in [6.07, 6.45) is 1.11. The number of benzene rings is 1. The van der Waals surface area contributed by atoms with Gasteiger partial charge >= 0.3 is 0 Å². The van der Waals surface area contributed by atoms with Crippen molar-refractivity contribution >= 4 is 31.6 Å². The standard InChI is InChI=1S/C10H12BrN3O2S/c1-17(15,16)14-3-2-13-10-5-8(7-12)4-9(11)6-10/h4-6,13-14H,2-3H2,1H3. The van der Waals surface area contributed by atoms with Crippen molar-refractivity contribution in [3.05, 3.63) is 28.2 Å². The number of nitrogens with one attached hydrogen (secondary N) is 2. The highest BCUT2D eigenvalue weighted by atomic mass is 79.9. The van der Waals surface area contributed by atoms with Crippen LogP contribution in [0.1, 0.15) is 5.56 Å². The Balaban J connectivity index is 2.53. The fourth-order valence-corrected chi connectivity index (χ4v) is 2.17. The third-order valence-corrected chi connectivity index (χ3v) is 3.03. The van der Waals surface area contributed by atoms with Crippen LogP contribution in [0, 0.1) is 11.3 Å². The lowest BCUT2D eigenvalue weighted by Gasteiger charge is -2.07. The van der Waals surface area contributed by atoms with Gasteiger partial charge in [0, 0.05) is 23.2 Å². The van der Waals surface area contributed by atoms with Crippen molar-refractivity contribution in [3.8, 4) is 6.07 Å². The van der Waals surface area contributed by atoms with Gasteiger partial charge in [0.15, 0.2) is 0 Å². The minimum absolute atomic E-state index is 0.299. The predicted octanol–water partition coefficient (Wildman–Crippen LogP) is 1.28. The summed E-state index contributed by atoms with van der Waals surface area (Å²) in [5.41, 5.74) is 1.31. The quantitative estimate of drug-likeness (QED) is 0.801. The number of hydrogen-bond acceptors (Lipinski definition) is 4. The number of anilines is 1. The minimum Gasteiger partial charge on any atom is -0.384 e. The highest BCUT2D eigenvalue weighted by Crippen LogP contribution is 2.18. The number of halogens is 1. The predicted molar refractivity (Wildman–Crippen MR) is 70.2 cm³/mol. The molecule has 0 saturated carbocycles. The van der Waals surface area contributed by atoms with Crippen molar-refractivity contribution in [1.29, 1.82) is 5.26 Å². The summed E-state index contributed by atoms with van der Waals surface area (Å²) in [7, 11) is -3.15. The molecule has 5 nitrogen and oxygen atoms in total. The summed E-state index contributed by atoms with van der Waals surface area (Å²) in [6.45, 7) is 0.752. The average molecular weight is 318 g/mol. The number of nitriles is 1. The Labute approximate surface area is 109 Å². The van der Waals surface area contributed by atoms with Crippen molar-refractivity contribution in [1.82, 2.24) is 4.72 Å². The first-order valence-electron chi connectivity index (χ1n) is 4.80. The van der Waals surface area contributed by atoms with Crippen molar-refractivity contribution in [2.75, 3.05) is 24.7 Å². The molecule has 0 amide bonds. The summed E-state index contributed by atoms with van der Waals surface area (Å²) in [5, 5.41) is 11.8. The van der Waals surface area contributed by atoms with Crippen molar-refractivity contribution in [3.63, 3.8) is 0 Å². The van der Waals surface area contributed by atoms with Crippen molar-refractivity contribution in [2.45, 2.75) is 0 Å². The third kappa shape index (κ3) is 5.68. The first kappa shape index (κ1) is 14.0. The van der Waals surface area contributed by atoms with Gasteiger partial charge in [0.1, 0.15) is 0 Å². The van der Waals surface area contributed by atoms with Crippen LogP contribution in [0.5, 0.6) is 0 Å². The summed E-state index contributed by atoms with van der Waals surface area (Å²) in [6, 6.07) is 7.27. The molecule has 7 heteroatoms. The van der Waals surface area contributed by atoms with Gasteiger partial charge in [0.2, 0.25) is 10.0 Å². The van der Waals surface area contributed by atoms with Gasteiger partial charge in [-0.25, -0.2) is 13.1 Å². The molecule has 0 aliphatic heterocycles. The molecule has 0 aliphatic rings. The molecule has 0 fully saturated rings. The molecule has 1 rings (SSSR count).